The number of rotatable bonds is 2. The Morgan fingerprint density at radius 3 is 2.70 bits per heavy atom. The SMILES string of the molecule is CN1C(C(=O)Nc2ccccn2)=C(O)c2cnn(C)c2S1(=O)=O. The van der Waals surface area contributed by atoms with Crippen molar-refractivity contribution in [1.82, 2.24) is 19.1 Å². The monoisotopic (exact) mass is 335 g/mol. The maximum Gasteiger partial charge on any atom is 0.282 e. The number of amides is 1. The molecule has 0 saturated carbocycles. The third-order valence-electron chi connectivity index (χ3n) is 3.41. The maximum atomic E-state index is 12.5. The summed E-state index contributed by atoms with van der Waals surface area (Å²) in [5.41, 5.74) is -0.409. The van der Waals surface area contributed by atoms with Crippen molar-refractivity contribution in [2.45, 2.75) is 5.03 Å². The fraction of sp³-hybridized carbons (Fsp3) is 0.154. The van der Waals surface area contributed by atoms with E-state index < -0.39 is 27.4 Å². The van der Waals surface area contributed by atoms with Crippen LogP contribution in [0.15, 0.2) is 41.3 Å². The number of hydrogen-bond acceptors (Lipinski definition) is 6. The first-order chi connectivity index (χ1) is 10.8. The number of nitrogens with one attached hydrogen (secondary N) is 1. The Bertz CT molecular complexity index is 917. The molecular weight excluding hydrogens is 322 g/mol. The van der Waals surface area contributed by atoms with Gasteiger partial charge in [0.25, 0.3) is 15.9 Å². The lowest BCUT2D eigenvalue weighted by molar-refractivity contribution is -0.113. The Kier molecular flexibility index (Phi) is 3.33. The number of sulfonamides is 1. The summed E-state index contributed by atoms with van der Waals surface area (Å²) in [5, 5.41) is 16.4. The second kappa shape index (κ2) is 5.09. The smallest absolute Gasteiger partial charge is 0.282 e. The van der Waals surface area contributed by atoms with Crippen molar-refractivity contribution >= 4 is 27.5 Å². The standard InChI is InChI=1S/C13H13N5O4S/c1-17-13-8(7-15-17)11(19)10(18(2)23(13,21)22)12(20)16-9-5-3-4-6-14-9/h3-7,19H,1-2H3,(H,14,16,20). The zero-order valence-corrected chi connectivity index (χ0v) is 13.1. The Hall–Kier alpha value is -2.88. The molecule has 120 valence electrons. The van der Waals surface area contributed by atoms with E-state index in [9.17, 15) is 18.3 Å². The van der Waals surface area contributed by atoms with Crippen molar-refractivity contribution in [1.29, 1.82) is 0 Å². The van der Waals surface area contributed by atoms with Crippen molar-refractivity contribution in [3.05, 3.63) is 41.9 Å². The highest BCUT2D eigenvalue weighted by molar-refractivity contribution is 7.89. The fourth-order valence-electron chi connectivity index (χ4n) is 2.28. The highest BCUT2D eigenvalue weighted by Crippen LogP contribution is 2.34. The fourth-order valence-corrected chi connectivity index (χ4v) is 3.76. The van der Waals surface area contributed by atoms with Gasteiger partial charge in [-0.3, -0.25) is 13.8 Å². The van der Waals surface area contributed by atoms with Gasteiger partial charge in [-0.05, 0) is 12.1 Å². The molecule has 0 aromatic carbocycles. The summed E-state index contributed by atoms with van der Waals surface area (Å²) < 4.78 is 26.9. The molecule has 0 spiro atoms. The lowest BCUT2D eigenvalue weighted by Crippen LogP contribution is -2.38. The molecule has 1 aliphatic rings. The predicted molar refractivity (Wildman–Crippen MR) is 80.6 cm³/mol. The summed E-state index contributed by atoms with van der Waals surface area (Å²) in [4.78, 5) is 16.3. The third-order valence-corrected chi connectivity index (χ3v) is 5.28. The van der Waals surface area contributed by atoms with Gasteiger partial charge in [-0.15, -0.1) is 0 Å². The summed E-state index contributed by atoms with van der Waals surface area (Å²) in [6, 6.07) is 4.88. The number of carbonyl (C=O) groups is 1. The first kappa shape index (κ1) is 15.0. The van der Waals surface area contributed by atoms with Crippen molar-refractivity contribution in [3.8, 4) is 0 Å². The number of hydrogen-bond donors (Lipinski definition) is 2. The number of carbonyl (C=O) groups excluding carboxylic acids is 1. The summed E-state index contributed by atoms with van der Waals surface area (Å²) in [6.07, 6.45) is 2.67. The molecule has 0 aliphatic carbocycles. The average Bonchev–Trinajstić information content (AvgIpc) is 2.90. The van der Waals surface area contributed by atoms with Gasteiger partial charge in [0.2, 0.25) is 0 Å². The Morgan fingerprint density at radius 1 is 1.30 bits per heavy atom. The number of fused-ring (bicyclic) bond motifs is 1. The quantitative estimate of drug-likeness (QED) is 0.816. The van der Waals surface area contributed by atoms with Gasteiger partial charge < -0.3 is 10.4 Å². The molecule has 1 aliphatic heterocycles. The topological polar surface area (TPSA) is 117 Å². The lowest BCUT2D eigenvalue weighted by atomic mass is 10.2. The molecule has 0 fully saturated rings. The van der Waals surface area contributed by atoms with Crippen molar-refractivity contribution in [2.75, 3.05) is 12.4 Å². The van der Waals surface area contributed by atoms with E-state index in [1.165, 1.54) is 26.5 Å². The molecule has 9 nitrogen and oxygen atoms in total. The minimum Gasteiger partial charge on any atom is -0.505 e. The Morgan fingerprint density at radius 2 is 2.04 bits per heavy atom. The summed E-state index contributed by atoms with van der Waals surface area (Å²) in [7, 11) is -1.36. The first-order valence-electron chi connectivity index (χ1n) is 6.51. The molecule has 0 atom stereocenters. The summed E-state index contributed by atoms with van der Waals surface area (Å²) >= 11 is 0. The molecular formula is C13H13N5O4S. The van der Waals surface area contributed by atoms with E-state index in [2.05, 4.69) is 15.4 Å². The van der Waals surface area contributed by atoms with Crippen molar-refractivity contribution < 1.29 is 18.3 Å². The number of aryl methyl sites for hydroxylation is 1. The van der Waals surface area contributed by atoms with Crippen molar-refractivity contribution in [3.63, 3.8) is 0 Å². The molecule has 23 heavy (non-hydrogen) atoms. The number of anilines is 1. The van der Waals surface area contributed by atoms with Crippen LogP contribution in [0.1, 0.15) is 5.56 Å². The molecule has 0 radical (unpaired) electrons. The van der Waals surface area contributed by atoms with Crippen LogP contribution >= 0.6 is 0 Å². The van der Waals surface area contributed by atoms with E-state index in [4.69, 9.17) is 0 Å². The average molecular weight is 335 g/mol. The minimum absolute atomic E-state index is 0.0169. The lowest BCUT2D eigenvalue weighted by Gasteiger charge is -2.26. The van der Waals surface area contributed by atoms with Gasteiger partial charge in [-0.25, -0.2) is 4.98 Å². The van der Waals surface area contributed by atoms with Crippen LogP contribution in [0.5, 0.6) is 0 Å². The normalized spacial score (nSPS) is 16.2. The van der Waals surface area contributed by atoms with Crippen LogP contribution in [-0.2, 0) is 21.9 Å². The number of aliphatic hydroxyl groups excluding tert-OH is 1. The second-order valence-corrected chi connectivity index (χ2v) is 6.71. The van der Waals surface area contributed by atoms with Gasteiger partial charge in [0.1, 0.15) is 5.82 Å². The van der Waals surface area contributed by atoms with Gasteiger partial charge in [-0.2, -0.15) is 13.5 Å². The van der Waals surface area contributed by atoms with Gasteiger partial charge in [0, 0.05) is 20.3 Å². The van der Waals surface area contributed by atoms with E-state index >= 15 is 0 Å². The molecule has 0 unspecified atom stereocenters. The second-order valence-electron chi connectivity index (χ2n) is 4.83. The number of aliphatic hydroxyl groups is 1. The molecule has 3 heterocycles. The van der Waals surface area contributed by atoms with E-state index in [1.54, 1.807) is 18.2 Å². The molecule has 0 saturated heterocycles. The maximum absolute atomic E-state index is 12.5. The number of likely N-dealkylation sites (N-methyl/N-ethyl adjacent to an activating group) is 1. The van der Waals surface area contributed by atoms with E-state index in [1.807, 2.05) is 0 Å². The highest BCUT2D eigenvalue weighted by atomic mass is 32.2. The Balaban J connectivity index is 2.10. The molecule has 2 aromatic rings. The molecule has 3 rings (SSSR count). The molecule has 2 N–H and O–H groups in total. The summed E-state index contributed by atoms with van der Waals surface area (Å²) in [5.74, 6) is -1.01. The van der Waals surface area contributed by atoms with E-state index in [0.29, 0.717) is 0 Å². The van der Waals surface area contributed by atoms with Gasteiger partial charge in [0.15, 0.2) is 16.5 Å². The van der Waals surface area contributed by atoms with Crippen LogP contribution in [0.4, 0.5) is 5.82 Å². The largest absolute Gasteiger partial charge is 0.505 e. The molecule has 2 aromatic heterocycles. The molecule has 0 bridgehead atoms. The predicted octanol–water partition coefficient (Wildman–Crippen LogP) is 0.314. The van der Waals surface area contributed by atoms with E-state index in [0.717, 1.165) is 8.99 Å². The highest BCUT2D eigenvalue weighted by Gasteiger charge is 2.40. The number of pyridine rings is 1. The summed E-state index contributed by atoms with van der Waals surface area (Å²) in [6.45, 7) is 0. The van der Waals surface area contributed by atoms with Gasteiger partial charge in [0.05, 0.1) is 11.8 Å². The Labute approximate surface area is 131 Å². The van der Waals surface area contributed by atoms with Crippen LogP contribution < -0.4 is 5.32 Å². The number of nitrogens with zero attached hydrogens (tertiary/aromatic N) is 4. The number of aromatic nitrogens is 3. The zero-order valence-electron chi connectivity index (χ0n) is 12.3. The van der Waals surface area contributed by atoms with Crippen molar-refractivity contribution in [2.24, 2.45) is 7.05 Å². The van der Waals surface area contributed by atoms with Crippen LogP contribution in [0.25, 0.3) is 5.76 Å². The van der Waals surface area contributed by atoms with Gasteiger partial charge >= 0.3 is 0 Å². The first-order valence-corrected chi connectivity index (χ1v) is 7.95. The van der Waals surface area contributed by atoms with Gasteiger partial charge in [-0.1, -0.05) is 6.07 Å². The minimum atomic E-state index is -3.99. The zero-order chi connectivity index (χ0) is 16.8. The third kappa shape index (κ3) is 2.23. The van der Waals surface area contributed by atoms with E-state index in [-0.39, 0.29) is 16.4 Å². The van der Waals surface area contributed by atoms with Crippen LogP contribution in [0.3, 0.4) is 0 Å². The van der Waals surface area contributed by atoms with Crippen LogP contribution in [-0.4, -0.2) is 45.5 Å². The molecule has 1 amide bonds. The molecule has 10 heteroatoms. The van der Waals surface area contributed by atoms with Crippen LogP contribution in [0, 0.1) is 0 Å². The van der Waals surface area contributed by atoms with Crippen LogP contribution in [0.2, 0.25) is 0 Å².